The summed E-state index contributed by atoms with van der Waals surface area (Å²) in [6.45, 7) is 0.633. The predicted molar refractivity (Wildman–Crippen MR) is 66.8 cm³/mol. The maximum Gasteiger partial charge on any atom is 0.251 e. The molecule has 0 aliphatic rings. The van der Waals surface area contributed by atoms with Crippen molar-refractivity contribution in [2.75, 3.05) is 12.4 Å². The summed E-state index contributed by atoms with van der Waals surface area (Å²) in [5.74, 6) is 0.542. The van der Waals surface area contributed by atoms with Gasteiger partial charge in [-0.05, 0) is 47.2 Å². The Kier molecular flexibility index (Phi) is 5.25. The van der Waals surface area contributed by atoms with Gasteiger partial charge in [-0.1, -0.05) is 6.07 Å². The number of alkyl halides is 1. The van der Waals surface area contributed by atoms with Crippen molar-refractivity contribution in [3.63, 3.8) is 0 Å². The van der Waals surface area contributed by atoms with Crippen LogP contribution in [0.4, 0.5) is 0 Å². The van der Waals surface area contributed by atoms with E-state index in [4.69, 9.17) is 11.6 Å². The highest BCUT2D eigenvalue weighted by atomic mass is 127. The number of hydrogen-bond donors (Lipinski definition) is 1. The molecule has 0 spiro atoms. The zero-order valence-electron chi connectivity index (χ0n) is 7.59. The maximum atomic E-state index is 11.5. The Morgan fingerprint density at radius 2 is 2.29 bits per heavy atom. The topological polar surface area (TPSA) is 29.1 Å². The third-order valence-electron chi connectivity index (χ3n) is 1.68. The molecule has 0 aromatic heterocycles. The molecule has 0 unspecified atom stereocenters. The molecule has 76 valence electrons. The van der Waals surface area contributed by atoms with Crippen molar-refractivity contribution in [2.24, 2.45) is 0 Å². The summed E-state index contributed by atoms with van der Waals surface area (Å²) < 4.78 is 1.06. The molecule has 0 aliphatic carbocycles. The second-order valence-corrected chi connectivity index (χ2v) is 4.43. The molecule has 1 aromatic carbocycles. The van der Waals surface area contributed by atoms with Gasteiger partial charge in [0.15, 0.2) is 0 Å². The highest BCUT2D eigenvalue weighted by Gasteiger charge is 2.03. The minimum atomic E-state index is -0.0337. The number of carbonyl (C=O) groups is 1. The minimum Gasteiger partial charge on any atom is -0.352 e. The van der Waals surface area contributed by atoms with Crippen molar-refractivity contribution >= 4 is 40.1 Å². The summed E-state index contributed by atoms with van der Waals surface area (Å²) in [4.78, 5) is 11.5. The molecule has 1 rings (SSSR count). The molecule has 14 heavy (non-hydrogen) atoms. The standard InChI is InChI=1S/C10H11ClINO/c11-5-2-6-13-10(14)8-3-1-4-9(12)7-8/h1,3-4,7H,2,5-6H2,(H,13,14). The lowest BCUT2D eigenvalue weighted by Crippen LogP contribution is -2.24. The van der Waals surface area contributed by atoms with Crippen LogP contribution >= 0.6 is 34.2 Å². The van der Waals surface area contributed by atoms with Gasteiger partial charge in [0.25, 0.3) is 5.91 Å². The number of rotatable bonds is 4. The van der Waals surface area contributed by atoms with Crippen LogP contribution in [0.1, 0.15) is 16.8 Å². The maximum absolute atomic E-state index is 11.5. The fourth-order valence-corrected chi connectivity index (χ4v) is 1.68. The van der Waals surface area contributed by atoms with Crippen LogP contribution in [-0.2, 0) is 0 Å². The van der Waals surface area contributed by atoms with E-state index < -0.39 is 0 Å². The molecule has 0 heterocycles. The number of nitrogens with one attached hydrogen (secondary N) is 1. The number of halogens is 2. The third kappa shape index (κ3) is 3.84. The first-order valence-corrected chi connectivity index (χ1v) is 5.95. The van der Waals surface area contributed by atoms with E-state index in [0.29, 0.717) is 18.0 Å². The normalized spacial score (nSPS) is 9.86. The van der Waals surface area contributed by atoms with Gasteiger partial charge in [0.05, 0.1) is 0 Å². The van der Waals surface area contributed by atoms with Crippen LogP contribution in [-0.4, -0.2) is 18.3 Å². The monoisotopic (exact) mass is 323 g/mol. The number of amides is 1. The van der Waals surface area contributed by atoms with Gasteiger partial charge < -0.3 is 5.32 Å². The van der Waals surface area contributed by atoms with Crippen molar-refractivity contribution in [3.8, 4) is 0 Å². The highest BCUT2D eigenvalue weighted by Crippen LogP contribution is 2.07. The first-order valence-electron chi connectivity index (χ1n) is 4.34. The van der Waals surface area contributed by atoms with Crippen molar-refractivity contribution in [2.45, 2.75) is 6.42 Å². The SMILES string of the molecule is O=C(NCCCCl)c1cccc(I)c1. The average Bonchev–Trinajstić information content (AvgIpc) is 2.18. The van der Waals surface area contributed by atoms with Crippen molar-refractivity contribution < 1.29 is 4.79 Å². The first-order chi connectivity index (χ1) is 6.74. The van der Waals surface area contributed by atoms with Gasteiger partial charge >= 0.3 is 0 Å². The van der Waals surface area contributed by atoms with E-state index in [1.54, 1.807) is 6.07 Å². The Bertz CT molecular complexity index is 317. The summed E-state index contributed by atoms with van der Waals surface area (Å²) in [6.07, 6.45) is 0.803. The zero-order valence-corrected chi connectivity index (χ0v) is 10.5. The fraction of sp³-hybridized carbons (Fsp3) is 0.300. The Labute approximate surface area is 102 Å². The van der Waals surface area contributed by atoms with Gasteiger partial charge in [-0.15, -0.1) is 11.6 Å². The van der Waals surface area contributed by atoms with Crippen LogP contribution < -0.4 is 5.32 Å². The largest absolute Gasteiger partial charge is 0.352 e. The molecular weight excluding hydrogens is 312 g/mol. The van der Waals surface area contributed by atoms with Crippen LogP contribution in [0.5, 0.6) is 0 Å². The number of benzene rings is 1. The summed E-state index contributed by atoms with van der Waals surface area (Å²) in [6, 6.07) is 7.49. The van der Waals surface area contributed by atoms with E-state index in [9.17, 15) is 4.79 Å². The molecule has 1 amide bonds. The van der Waals surface area contributed by atoms with Crippen LogP contribution in [0.15, 0.2) is 24.3 Å². The second kappa shape index (κ2) is 6.24. The van der Waals surface area contributed by atoms with E-state index in [0.717, 1.165) is 9.99 Å². The number of hydrogen-bond acceptors (Lipinski definition) is 1. The molecule has 1 N–H and O–H groups in total. The summed E-state index contributed by atoms with van der Waals surface area (Å²) in [5, 5.41) is 2.80. The van der Waals surface area contributed by atoms with Gasteiger partial charge in [0, 0.05) is 21.6 Å². The van der Waals surface area contributed by atoms with Crippen LogP contribution in [0.2, 0.25) is 0 Å². The van der Waals surface area contributed by atoms with E-state index >= 15 is 0 Å². The van der Waals surface area contributed by atoms with Gasteiger partial charge in [-0.2, -0.15) is 0 Å². The van der Waals surface area contributed by atoms with Crippen molar-refractivity contribution in [1.82, 2.24) is 5.32 Å². The minimum absolute atomic E-state index is 0.0337. The number of carbonyl (C=O) groups excluding carboxylic acids is 1. The molecule has 0 atom stereocenters. The average molecular weight is 324 g/mol. The molecule has 0 aliphatic heterocycles. The lowest BCUT2D eigenvalue weighted by molar-refractivity contribution is 0.0953. The highest BCUT2D eigenvalue weighted by molar-refractivity contribution is 14.1. The lowest BCUT2D eigenvalue weighted by Gasteiger charge is -2.03. The van der Waals surface area contributed by atoms with E-state index in [1.165, 1.54) is 0 Å². The molecule has 0 bridgehead atoms. The molecule has 0 fully saturated rings. The van der Waals surface area contributed by atoms with Gasteiger partial charge in [0.2, 0.25) is 0 Å². The fourth-order valence-electron chi connectivity index (χ4n) is 1.00. The van der Waals surface area contributed by atoms with Crippen molar-refractivity contribution in [1.29, 1.82) is 0 Å². The van der Waals surface area contributed by atoms with Gasteiger partial charge in [-0.25, -0.2) is 0 Å². The molecule has 0 radical (unpaired) electrons. The Balaban J connectivity index is 2.52. The Hall–Kier alpha value is -0.290. The molecular formula is C10H11ClINO. The van der Waals surface area contributed by atoms with Crippen molar-refractivity contribution in [3.05, 3.63) is 33.4 Å². The van der Waals surface area contributed by atoms with Crippen LogP contribution in [0.25, 0.3) is 0 Å². The Morgan fingerprint density at radius 1 is 1.50 bits per heavy atom. The first kappa shape index (κ1) is 11.8. The molecule has 2 nitrogen and oxygen atoms in total. The molecule has 1 aromatic rings. The smallest absolute Gasteiger partial charge is 0.251 e. The lowest BCUT2D eigenvalue weighted by atomic mass is 10.2. The Morgan fingerprint density at radius 3 is 2.93 bits per heavy atom. The quantitative estimate of drug-likeness (QED) is 0.515. The van der Waals surface area contributed by atoms with E-state index in [-0.39, 0.29) is 5.91 Å². The predicted octanol–water partition coefficient (Wildman–Crippen LogP) is 2.65. The zero-order chi connectivity index (χ0) is 10.4. The summed E-state index contributed by atoms with van der Waals surface area (Å²) in [5.41, 5.74) is 0.700. The summed E-state index contributed by atoms with van der Waals surface area (Å²) in [7, 11) is 0. The summed E-state index contributed by atoms with van der Waals surface area (Å²) >= 11 is 7.69. The molecule has 0 saturated carbocycles. The van der Waals surface area contributed by atoms with E-state index in [2.05, 4.69) is 27.9 Å². The molecule has 0 saturated heterocycles. The third-order valence-corrected chi connectivity index (χ3v) is 2.62. The van der Waals surface area contributed by atoms with Crippen LogP contribution in [0.3, 0.4) is 0 Å². The van der Waals surface area contributed by atoms with Gasteiger partial charge in [0.1, 0.15) is 0 Å². The molecule has 4 heteroatoms. The second-order valence-electron chi connectivity index (χ2n) is 2.81. The van der Waals surface area contributed by atoms with Crippen LogP contribution in [0, 0.1) is 3.57 Å². The van der Waals surface area contributed by atoms with Gasteiger partial charge in [-0.3, -0.25) is 4.79 Å². The van der Waals surface area contributed by atoms with E-state index in [1.807, 2.05) is 18.2 Å².